The van der Waals surface area contributed by atoms with Crippen LogP contribution in [0.2, 0.25) is 0 Å². The van der Waals surface area contributed by atoms with Crippen molar-refractivity contribution in [3.8, 4) is 0 Å². The van der Waals surface area contributed by atoms with Crippen molar-refractivity contribution in [2.24, 2.45) is 5.73 Å². The fraction of sp³-hybridized carbons (Fsp3) is 0.875. The molecule has 0 aromatic carbocycles. The van der Waals surface area contributed by atoms with Crippen LogP contribution >= 0.6 is 0 Å². The van der Waals surface area contributed by atoms with Gasteiger partial charge in [-0.2, -0.15) is 5.48 Å². The van der Waals surface area contributed by atoms with Gasteiger partial charge in [-0.3, -0.25) is 9.63 Å². The Morgan fingerprint density at radius 1 is 1.77 bits per heavy atom. The minimum Gasteiger partial charge on any atom is -0.368 e. The Morgan fingerprint density at radius 3 is 2.92 bits per heavy atom. The number of rotatable bonds is 4. The van der Waals surface area contributed by atoms with Crippen LogP contribution in [-0.2, 0) is 9.63 Å². The third kappa shape index (κ3) is 3.30. The second-order valence-electron chi connectivity index (χ2n) is 3.59. The van der Waals surface area contributed by atoms with E-state index in [1.165, 1.54) is 0 Å². The molecule has 2 atom stereocenters. The van der Waals surface area contributed by atoms with Gasteiger partial charge in [0.05, 0.1) is 0 Å². The maximum atomic E-state index is 10.3. The molecule has 1 saturated heterocycles. The molecule has 1 amide bonds. The summed E-state index contributed by atoms with van der Waals surface area (Å²) in [5, 5.41) is 0. The van der Waals surface area contributed by atoms with E-state index in [0.717, 1.165) is 13.0 Å². The van der Waals surface area contributed by atoms with E-state index in [1.54, 1.807) is 0 Å². The number of nitrogens with two attached hydrogens (primary N) is 1. The van der Waals surface area contributed by atoms with E-state index in [2.05, 4.69) is 24.4 Å². The summed E-state index contributed by atoms with van der Waals surface area (Å²) in [7, 11) is 2.07. The number of likely N-dealkylation sites (tertiary alicyclic amines) is 1. The number of nitrogens with one attached hydrogen (secondary N) is 1. The Morgan fingerprint density at radius 2 is 2.46 bits per heavy atom. The normalized spacial score (nSPS) is 29.4. The SMILES string of the molecule is CC1CC(NOCC(N)=O)CN1C. The molecule has 1 rings (SSSR count). The first-order valence-electron chi connectivity index (χ1n) is 4.45. The number of amides is 1. The highest BCUT2D eigenvalue weighted by Crippen LogP contribution is 2.14. The first-order valence-corrected chi connectivity index (χ1v) is 4.45. The second-order valence-corrected chi connectivity index (χ2v) is 3.59. The molecule has 0 aromatic heterocycles. The molecule has 1 fully saturated rings. The molecule has 0 spiro atoms. The summed E-state index contributed by atoms with van der Waals surface area (Å²) in [6.07, 6.45) is 1.04. The van der Waals surface area contributed by atoms with Gasteiger partial charge in [-0.05, 0) is 20.4 Å². The van der Waals surface area contributed by atoms with Gasteiger partial charge in [0, 0.05) is 18.6 Å². The van der Waals surface area contributed by atoms with Crippen LogP contribution in [0.4, 0.5) is 0 Å². The zero-order valence-corrected chi connectivity index (χ0v) is 8.12. The number of carbonyl (C=O) groups excluding carboxylic acids is 1. The van der Waals surface area contributed by atoms with Gasteiger partial charge in [-0.15, -0.1) is 0 Å². The summed E-state index contributed by atoms with van der Waals surface area (Å²) in [6.45, 7) is 3.05. The smallest absolute Gasteiger partial charge is 0.245 e. The number of likely N-dealkylation sites (N-methyl/N-ethyl adjacent to an activating group) is 1. The largest absolute Gasteiger partial charge is 0.368 e. The van der Waals surface area contributed by atoms with E-state index in [9.17, 15) is 4.79 Å². The third-order valence-corrected chi connectivity index (χ3v) is 2.35. The molecule has 5 heteroatoms. The van der Waals surface area contributed by atoms with Gasteiger partial charge in [0.2, 0.25) is 5.91 Å². The topological polar surface area (TPSA) is 67.6 Å². The van der Waals surface area contributed by atoms with E-state index >= 15 is 0 Å². The van der Waals surface area contributed by atoms with Gasteiger partial charge in [-0.25, -0.2) is 0 Å². The zero-order valence-electron chi connectivity index (χ0n) is 8.12. The first-order chi connectivity index (χ1) is 6.09. The fourth-order valence-electron chi connectivity index (χ4n) is 1.51. The number of primary amides is 1. The van der Waals surface area contributed by atoms with E-state index in [1.807, 2.05) is 0 Å². The fourth-order valence-corrected chi connectivity index (χ4v) is 1.51. The highest BCUT2D eigenvalue weighted by Gasteiger charge is 2.25. The van der Waals surface area contributed by atoms with Crippen molar-refractivity contribution in [2.45, 2.75) is 25.4 Å². The summed E-state index contributed by atoms with van der Waals surface area (Å²) in [4.78, 5) is 17.5. The third-order valence-electron chi connectivity index (χ3n) is 2.35. The van der Waals surface area contributed by atoms with Crippen molar-refractivity contribution in [1.82, 2.24) is 10.4 Å². The molecule has 2 unspecified atom stereocenters. The van der Waals surface area contributed by atoms with Crippen LogP contribution in [0, 0.1) is 0 Å². The molecule has 1 aliphatic heterocycles. The van der Waals surface area contributed by atoms with Crippen molar-refractivity contribution in [3.63, 3.8) is 0 Å². The first kappa shape index (κ1) is 10.4. The number of nitrogens with zero attached hydrogens (tertiary/aromatic N) is 1. The Kier molecular flexibility index (Phi) is 3.65. The van der Waals surface area contributed by atoms with Gasteiger partial charge in [0.15, 0.2) is 0 Å². The number of hydroxylamine groups is 1. The Labute approximate surface area is 78.2 Å². The minimum atomic E-state index is -0.452. The lowest BCUT2D eigenvalue weighted by Crippen LogP contribution is -2.34. The van der Waals surface area contributed by atoms with Crippen LogP contribution < -0.4 is 11.2 Å². The summed E-state index contributed by atoms with van der Waals surface area (Å²) in [5.74, 6) is -0.452. The van der Waals surface area contributed by atoms with Crippen molar-refractivity contribution in [1.29, 1.82) is 0 Å². The van der Waals surface area contributed by atoms with Gasteiger partial charge in [-0.1, -0.05) is 0 Å². The summed E-state index contributed by atoms with van der Waals surface area (Å²) >= 11 is 0. The van der Waals surface area contributed by atoms with Gasteiger partial charge >= 0.3 is 0 Å². The Bertz CT molecular complexity index is 176. The highest BCUT2D eigenvalue weighted by molar-refractivity contribution is 5.74. The molecule has 1 heterocycles. The molecule has 0 radical (unpaired) electrons. The minimum absolute atomic E-state index is 0.0609. The van der Waals surface area contributed by atoms with E-state index in [4.69, 9.17) is 10.6 Å². The van der Waals surface area contributed by atoms with Gasteiger partial charge < -0.3 is 10.6 Å². The molecule has 0 saturated carbocycles. The van der Waals surface area contributed by atoms with E-state index in [0.29, 0.717) is 12.1 Å². The van der Waals surface area contributed by atoms with Crippen molar-refractivity contribution in [2.75, 3.05) is 20.2 Å². The van der Waals surface area contributed by atoms with Crippen LogP contribution in [-0.4, -0.2) is 43.1 Å². The molecule has 0 bridgehead atoms. The lowest BCUT2D eigenvalue weighted by atomic mass is 10.2. The monoisotopic (exact) mass is 187 g/mol. The summed E-state index contributed by atoms with van der Waals surface area (Å²) in [6, 6.07) is 0.869. The predicted molar refractivity (Wildman–Crippen MR) is 48.8 cm³/mol. The van der Waals surface area contributed by atoms with Crippen molar-refractivity contribution in [3.05, 3.63) is 0 Å². The predicted octanol–water partition coefficient (Wildman–Crippen LogP) is -0.914. The number of carbonyl (C=O) groups is 1. The number of hydrogen-bond acceptors (Lipinski definition) is 4. The van der Waals surface area contributed by atoms with Crippen LogP contribution in [0.25, 0.3) is 0 Å². The van der Waals surface area contributed by atoms with Crippen LogP contribution in [0.5, 0.6) is 0 Å². The Balaban J connectivity index is 2.13. The highest BCUT2D eigenvalue weighted by atomic mass is 16.6. The summed E-state index contributed by atoms with van der Waals surface area (Å²) in [5.41, 5.74) is 7.75. The van der Waals surface area contributed by atoms with Crippen molar-refractivity contribution >= 4 is 5.91 Å². The Hall–Kier alpha value is -0.650. The lowest BCUT2D eigenvalue weighted by Gasteiger charge is -2.12. The molecular formula is C8H17N3O2. The molecule has 5 nitrogen and oxygen atoms in total. The van der Waals surface area contributed by atoms with Crippen LogP contribution in [0.15, 0.2) is 0 Å². The quantitative estimate of drug-likeness (QED) is 0.559. The zero-order chi connectivity index (χ0) is 9.84. The standard InChI is InChI=1S/C8H17N3O2/c1-6-3-7(4-11(6)2)10-13-5-8(9)12/h6-7,10H,3-5H2,1-2H3,(H2,9,12). The molecule has 1 aliphatic rings. The van der Waals surface area contributed by atoms with Crippen LogP contribution in [0.1, 0.15) is 13.3 Å². The average molecular weight is 187 g/mol. The maximum absolute atomic E-state index is 10.3. The van der Waals surface area contributed by atoms with Crippen LogP contribution in [0.3, 0.4) is 0 Å². The van der Waals surface area contributed by atoms with Gasteiger partial charge in [0.1, 0.15) is 6.61 Å². The summed E-state index contributed by atoms with van der Waals surface area (Å²) < 4.78 is 0. The average Bonchev–Trinajstić information content (AvgIpc) is 2.30. The second kappa shape index (κ2) is 4.55. The van der Waals surface area contributed by atoms with E-state index in [-0.39, 0.29) is 6.61 Å². The maximum Gasteiger partial charge on any atom is 0.245 e. The number of hydrogen-bond donors (Lipinski definition) is 2. The molecule has 3 N–H and O–H groups in total. The molecule has 0 aromatic rings. The molecule has 0 aliphatic carbocycles. The molecule has 76 valence electrons. The lowest BCUT2D eigenvalue weighted by molar-refractivity contribution is -0.125. The van der Waals surface area contributed by atoms with Crippen molar-refractivity contribution < 1.29 is 9.63 Å². The molecular weight excluding hydrogens is 170 g/mol. The molecule has 13 heavy (non-hydrogen) atoms. The van der Waals surface area contributed by atoms with Gasteiger partial charge in [0.25, 0.3) is 0 Å². The van der Waals surface area contributed by atoms with E-state index < -0.39 is 5.91 Å².